The predicted octanol–water partition coefficient (Wildman–Crippen LogP) is 2.73. The molecule has 1 aromatic heterocycles. The van der Waals surface area contributed by atoms with E-state index in [1.165, 1.54) is 5.56 Å². The number of ether oxygens (including phenoxy) is 1. The number of anilines is 1. The lowest BCUT2D eigenvalue weighted by Crippen LogP contribution is -2.47. The summed E-state index contributed by atoms with van der Waals surface area (Å²) >= 11 is 0. The highest BCUT2D eigenvalue weighted by Gasteiger charge is 2.29. The van der Waals surface area contributed by atoms with E-state index in [-0.39, 0.29) is 11.9 Å². The Morgan fingerprint density at radius 3 is 2.69 bits per heavy atom. The average molecular weight is 395 g/mol. The molecule has 0 spiro atoms. The van der Waals surface area contributed by atoms with E-state index in [0.717, 1.165) is 58.0 Å². The normalized spacial score (nSPS) is 20.7. The van der Waals surface area contributed by atoms with Crippen molar-refractivity contribution in [1.29, 1.82) is 0 Å². The summed E-state index contributed by atoms with van der Waals surface area (Å²) in [7, 11) is 1.75. The fourth-order valence-electron chi connectivity index (χ4n) is 4.38. The SMILES string of the molecule is COCC1CCN(C(=O)c2cccnc2N2CCNC(c3ccccc3)C2)CC1. The van der Waals surface area contributed by atoms with Gasteiger partial charge in [-0.3, -0.25) is 4.79 Å². The number of methoxy groups -OCH3 is 1. The maximum atomic E-state index is 13.3. The van der Waals surface area contributed by atoms with Crippen molar-refractivity contribution in [3.8, 4) is 0 Å². The fourth-order valence-corrected chi connectivity index (χ4v) is 4.38. The van der Waals surface area contributed by atoms with Crippen LogP contribution in [0.4, 0.5) is 5.82 Å². The summed E-state index contributed by atoms with van der Waals surface area (Å²) in [6, 6.07) is 14.5. The van der Waals surface area contributed by atoms with Gasteiger partial charge >= 0.3 is 0 Å². The Morgan fingerprint density at radius 1 is 1.14 bits per heavy atom. The molecule has 0 bridgehead atoms. The molecule has 1 N–H and O–H groups in total. The van der Waals surface area contributed by atoms with E-state index in [1.54, 1.807) is 13.3 Å². The number of hydrogen-bond acceptors (Lipinski definition) is 5. The van der Waals surface area contributed by atoms with Gasteiger partial charge in [0.2, 0.25) is 0 Å². The van der Waals surface area contributed by atoms with Crippen molar-refractivity contribution in [2.24, 2.45) is 5.92 Å². The van der Waals surface area contributed by atoms with Crippen molar-refractivity contribution in [3.63, 3.8) is 0 Å². The fraction of sp³-hybridized carbons (Fsp3) is 0.478. The zero-order valence-corrected chi connectivity index (χ0v) is 17.1. The van der Waals surface area contributed by atoms with Crippen molar-refractivity contribution in [2.45, 2.75) is 18.9 Å². The number of pyridine rings is 1. The molecule has 2 aromatic rings. The number of rotatable bonds is 5. The number of aromatic nitrogens is 1. The molecule has 154 valence electrons. The highest BCUT2D eigenvalue weighted by atomic mass is 16.5. The molecule has 0 aliphatic carbocycles. The first kappa shape index (κ1) is 19.9. The Labute approximate surface area is 172 Å². The van der Waals surface area contributed by atoms with Crippen molar-refractivity contribution in [2.75, 3.05) is 51.3 Å². The third-order valence-electron chi connectivity index (χ3n) is 6.00. The number of benzene rings is 1. The summed E-state index contributed by atoms with van der Waals surface area (Å²) in [5.41, 5.74) is 1.98. The number of carbonyl (C=O) groups excluding carboxylic acids is 1. The molecule has 1 atom stereocenters. The highest BCUT2D eigenvalue weighted by molar-refractivity contribution is 5.99. The van der Waals surface area contributed by atoms with Gasteiger partial charge in [-0.2, -0.15) is 0 Å². The van der Waals surface area contributed by atoms with Gasteiger partial charge in [-0.1, -0.05) is 30.3 Å². The van der Waals surface area contributed by atoms with E-state index in [1.807, 2.05) is 23.1 Å². The average Bonchev–Trinajstić information content (AvgIpc) is 2.80. The Balaban J connectivity index is 1.49. The van der Waals surface area contributed by atoms with Gasteiger partial charge in [0, 0.05) is 58.7 Å². The summed E-state index contributed by atoms with van der Waals surface area (Å²) in [4.78, 5) is 22.1. The van der Waals surface area contributed by atoms with E-state index < -0.39 is 0 Å². The monoisotopic (exact) mass is 394 g/mol. The maximum Gasteiger partial charge on any atom is 0.257 e. The number of carbonyl (C=O) groups is 1. The summed E-state index contributed by atoms with van der Waals surface area (Å²) in [6.07, 6.45) is 3.79. The van der Waals surface area contributed by atoms with Crippen LogP contribution in [-0.4, -0.2) is 62.2 Å². The van der Waals surface area contributed by atoms with Crippen LogP contribution in [0, 0.1) is 5.92 Å². The second kappa shape index (κ2) is 9.37. The number of nitrogens with one attached hydrogen (secondary N) is 1. The summed E-state index contributed by atoms with van der Waals surface area (Å²) < 4.78 is 5.28. The van der Waals surface area contributed by atoms with Crippen molar-refractivity contribution in [1.82, 2.24) is 15.2 Å². The first-order valence-electron chi connectivity index (χ1n) is 10.5. The van der Waals surface area contributed by atoms with Gasteiger partial charge in [-0.25, -0.2) is 4.98 Å². The van der Waals surface area contributed by atoms with Crippen LogP contribution in [0.1, 0.15) is 34.8 Å². The van der Waals surface area contributed by atoms with E-state index in [2.05, 4.69) is 39.5 Å². The van der Waals surface area contributed by atoms with E-state index in [4.69, 9.17) is 4.74 Å². The van der Waals surface area contributed by atoms with Gasteiger partial charge in [-0.05, 0) is 36.5 Å². The number of piperazine rings is 1. The van der Waals surface area contributed by atoms with Gasteiger partial charge in [-0.15, -0.1) is 0 Å². The molecule has 1 amide bonds. The molecule has 0 radical (unpaired) electrons. The molecular weight excluding hydrogens is 364 g/mol. The van der Waals surface area contributed by atoms with Gasteiger partial charge < -0.3 is 19.9 Å². The number of piperidine rings is 1. The second-order valence-electron chi connectivity index (χ2n) is 7.93. The Bertz CT molecular complexity index is 806. The number of hydrogen-bond donors (Lipinski definition) is 1. The molecule has 1 aromatic carbocycles. The first-order valence-corrected chi connectivity index (χ1v) is 10.5. The van der Waals surface area contributed by atoms with Crippen LogP contribution in [-0.2, 0) is 4.74 Å². The third-order valence-corrected chi connectivity index (χ3v) is 6.00. The van der Waals surface area contributed by atoms with Crippen molar-refractivity contribution in [3.05, 3.63) is 59.8 Å². The first-order chi connectivity index (χ1) is 14.3. The van der Waals surface area contributed by atoms with E-state index >= 15 is 0 Å². The largest absolute Gasteiger partial charge is 0.384 e. The molecule has 6 heteroatoms. The van der Waals surface area contributed by atoms with Crippen LogP contribution in [0.3, 0.4) is 0 Å². The zero-order valence-electron chi connectivity index (χ0n) is 17.1. The molecule has 1 unspecified atom stereocenters. The molecule has 29 heavy (non-hydrogen) atoms. The Morgan fingerprint density at radius 2 is 1.93 bits per heavy atom. The Hall–Kier alpha value is -2.44. The van der Waals surface area contributed by atoms with Crippen LogP contribution < -0.4 is 10.2 Å². The van der Waals surface area contributed by atoms with Gasteiger partial charge in [0.05, 0.1) is 5.56 Å². The van der Waals surface area contributed by atoms with Crippen LogP contribution in [0.2, 0.25) is 0 Å². The topological polar surface area (TPSA) is 57.7 Å². The molecule has 2 aliphatic heterocycles. The van der Waals surface area contributed by atoms with Gasteiger partial charge in [0.25, 0.3) is 5.91 Å². The quantitative estimate of drug-likeness (QED) is 0.845. The van der Waals surface area contributed by atoms with Crippen LogP contribution in [0.15, 0.2) is 48.7 Å². The number of amides is 1. The molecular formula is C23H30N4O2. The van der Waals surface area contributed by atoms with E-state index in [0.29, 0.717) is 11.5 Å². The van der Waals surface area contributed by atoms with Crippen molar-refractivity contribution >= 4 is 11.7 Å². The minimum Gasteiger partial charge on any atom is -0.384 e. The van der Waals surface area contributed by atoms with Crippen LogP contribution in [0.5, 0.6) is 0 Å². The minimum atomic E-state index is 0.0961. The van der Waals surface area contributed by atoms with Crippen LogP contribution in [0.25, 0.3) is 0 Å². The Kier molecular flexibility index (Phi) is 6.42. The summed E-state index contributed by atoms with van der Waals surface area (Å²) in [5.74, 6) is 1.45. The molecule has 6 nitrogen and oxygen atoms in total. The van der Waals surface area contributed by atoms with Gasteiger partial charge in [0.1, 0.15) is 5.82 Å². The number of likely N-dealkylation sites (tertiary alicyclic amines) is 1. The van der Waals surface area contributed by atoms with Crippen molar-refractivity contribution < 1.29 is 9.53 Å². The molecule has 4 rings (SSSR count). The van der Waals surface area contributed by atoms with Gasteiger partial charge in [0.15, 0.2) is 0 Å². The van der Waals surface area contributed by atoms with E-state index in [9.17, 15) is 4.79 Å². The second-order valence-corrected chi connectivity index (χ2v) is 7.93. The summed E-state index contributed by atoms with van der Waals surface area (Å²) in [6.45, 7) is 4.87. The predicted molar refractivity (Wildman–Crippen MR) is 114 cm³/mol. The highest BCUT2D eigenvalue weighted by Crippen LogP contribution is 2.26. The lowest BCUT2D eigenvalue weighted by Gasteiger charge is -2.36. The lowest BCUT2D eigenvalue weighted by atomic mass is 9.97. The zero-order chi connectivity index (χ0) is 20.1. The minimum absolute atomic E-state index is 0.0961. The lowest BCUT2D eigenvalue weighted by molar-refractivity contribution is 0.0613. The molecule has 0 saturated carbocycles. The molecule has 2 aliphatic rings. The smallest absolute Gasteiger partial charge is 0.257 e. The third kappa shape index (κ3) is 4.60. The molecule has 2 fully saturated rings. The standard InChI is InChI=1S/C23H30N4O2/c1-29-17-18-9-13-26(14-10-18)23(28)20-8-5-11-25-22(20)27-15-12-24-21(16-27)19-6-3-2-4-7-19/h2-8,11,18,21,24H,9-10,12-17H2,1H3. The summed E-state index contributed by atoms with van der Waals surface area (Å²) in [5, 5.41) is 3.59. The number of nitrogens with zero attached hydrogens (tertiary/aromatic N) is 3. The maximum absolute atomic E-state index is 13.3. The molecule has 3 heterocycles. The van der Waals surface area contributed by atoms with Crippen LogP contribution >= 0.6 is 0 Å². The molecule has 2 saturated heterocycles.